The molecule has 4 rings (SSSR count). The van der Waals surface area contributed by atoms with E-state index < -0.39 is 0 Å². The van der Waals surface area contributed by atoms with Gasteiger partial charge in [0.1, 0.15) is 0 Å². The average Bonchev–Trinajstić information content (AvgIpc) is 2.97. The van der Waals surface area contributed by atoms with Gasteiger partial charge in [0, 0.05) is 30.4 Å². The SMILES string of the molecule is CCOC1N(c2ccccc2)c2nccnc2N1c1ccccc1. The zero-order valence-electron chi connectivity index (χ0n) is 13.4. The van der Waals surface area contributed by atoms with Gasteiger partial charge in [-0.05, 0) is 31.2 Å². The highest BCUT2D eigenvalue weighted by atomic mass is 16.5. The Morgan fingerprint density at radius 1 is 0.792 bits per heavy atom. The summed E-state index contributed by atoms with van der Waals surface area (Å²) in [6.07, 6.45) is 3.11. The Morgan fingerprint density at radius 2 is 1.25 bits per heavy atom. The average molecular weight is 318 g/mol. The molecule has 0 bridgehead atoms. The highest BCUT2D eigenvalue weighted by molar-refractivity contribution is 5.82. The molecule has 0 spiro atoms. The van der Waals surface area contributed by atoms with E-state index in [4.69, 9.17) is 4.74 Å². The molecule has 0 atom stereocenters. The maximum atomic E-state index is 6.09. The lowest BCUT2D eigenvalue weighted by Gasteiger charge is -2.31. The van der Waals surface area contributed by atoms with Crippen LogP contribution in [0.3, 0.4) is 0 Å². The first-order valence-electron chi connectivity index (χ1n) is 8.01. The zero-order chi connectivity index (χ0) is 16.4. The Balaban J connectivity index is 1.88. The number of aromatic nitrogens is 2. The minimum absolute atomic E-state index is 0.322. The van der Waals surface area contributed by atoms with Gasteiger partial charge in [-0.25, -0.2) is 9.97 Å². The maximum absolute atomic E-state index is 6.09. The molecule has 1 aromatic heterocycles. The van der Waals surface area contributed by atoms with E-state index >= 15 is 0 Å². The molecule has 0 radical (unpaired) electrons. The van der Waals surface area contributed by atoms with Crippen LogP contribution in [0.1, 0.15) is 6.92 Å². The van der Waals surface area contributed by atoms with E-state index in [9.17, 15) is 0 Å². The van der Waals surface area contributed by atoms with E-state index in [1.165, 1.54) is 0 Å². The van der Waals surface area contributed by atoms with E-state index in [1.54, 1.807) is 12.4 Å². The fraction of sp³-hybridized carbons (Fsp3) is 0.158. The Labute approximate surface area is 141 Å². The summed E-state index contributed by atoms with van der Waals surface area (Å²) in [5.74, 6) is 1.59. The molecular weight excluding hydrogens is 300 g/mol. The summed E-state index contributed by atoms with van der Waals surface area (Å²) in [5, 5.41) is 0. The molecule has 1 aliphatic rings. The van der Waals surface area contributed by atoms with Crippen LogP contribution in [0.15, 0.2) is 73.1 Å². The van der Waals surface area contributed by atoms with Crippen LogP contribution >= 0.6 is 0 Å². The van der Waals surface area contributed by atoms with Gasteiger partial charge in [-0.15, -0.1) is 0 Å². The van der Waals surface area contributed by atoms with Crippen LogP contribution in [0, 0.1) is 0 Å². The fourth-order valence-corrected chi connectivity index (χ4v) is 2.96. The van der Waals surface area contributed by atoms with Crippen LogP contribution in [-0.2, 0) is 4.74 Å². The number of para-hydroxylation sites is 2. The minimum Gasteiger partial charge on any atom is -0.340 e. The van der Waals surface area contributed by atoms with Gasteiger partial charge in [-0.1, -0.05) is 36.4 Å². The lowest BCUT2D eigenvalue weighted by molar-refractivity contribution is 0.0767. The van der Waals surface area contributed by atoms with Gasteiger partial charge in [0.25, 0.3) is 0 Å². The molecule has 3 aromatic rings. The molecule has 0 N–H and O–H groups in total. The van der Waals surface area contributed by atoms with Crippen LogP contribution in [0.5, 0.6) is 0 Å². The smallest absolute Gasteiger partial charge is 0.221 e. The van der Waals surface area contributed by atoms with Gasteiger partial charge in [0.05, 0.1) is 0 Å². The standard InChI is InChI=1S/C19H18N4O/c1-2-24-19-22(15-9-5-3-6-10-15)17-18(21-14-13-20-17)23(19)16-11-7-4-8-12-16/h3-14,19H,2H2,1H3. The molecule has 120 valence electrons. The number of anilines is 4. The first-order chi connectivity index (χ1) is 11.9. The minimum atomic E-state index is -0.322. The Morgan fingerprint density at radius 3 is 1.67 bits per heavy atom. The van der Waals surface area contributed by atoms with Gasteiger partial charge in [0.15, 0.2) is 11.6 Å². The predicted octanol–water partition coefficient (Wildman–Crippen LogP) is 4.09. The topological polar surface area (TPSA) is 41.5 Å². The number of nitrogens with zero attached hydrogens (tertiary/aromatic N) is 4. The normalized spacial score (nSPS) is 14.0. The van der Waals surface area contributed by atoms with E-state index in [2.05, 4.69) is 44.0 Å². The van der Waals surface area contributed by atoms with Crippen molar-refractivity contribution in [2.45, 2.75) is 13.3 Å². The molecule has 1 aliphatic heterocycles. The number of rotatable bonds is 4. The summed E-state index contributed by atoms with van der Waals surface area (Å²) >= 11 is 0. The lowest BCUT2D eigenvalue weighted by atomic mass is 10.3. The summed E-state index contributed by atoms with van der Waals surface area (Å²) in [4.78, 5) is 13.3. The third kappa shape index (κ3) is 2.39. The third-order valence-corrected chi connectivity index (χ3v) is 3.94. The number of ether oxygens (including phenoxy) is 1. The molecule has 0 saturated heterocycles. The van der Waals surface area contributed by atoms with Crippen molar-refractivity contribution in [2.24, 2.45) is 0 Å². The second-order valence-corrected chi connectivity index (χ2v) is 5.40. The van der Waals surface area contributed by atoms with Crippen molar-refractivity contribution < 1.29 is 4.74 Å². The maximum Gasteiger partial charge on any atom is 0.221 e. The molecule has 24 heavy (non-hydrogen) atoms. The van der Waals surface area contributed by atoms with Crippen LogP contribution in [0.25, 0.3) is 0 Å². The quantitative estimate of drug-likeness (QED) is 0.725. The predicted molar refractivity (Wildman–Crippen MR) is 94.6 cm³/mol. The fourth-order valence-electron chi connectivity index (χ4n) is 2.96. The summed E-state index contributed by atoms with van der Waals surface area (Å²) in [7, 11) is 0. The van der Waals surface area contributed by atoms with E-state index in [-0.39, 0.29) is 6.35 Å². The first-order valence-corrected chi connectivity index (χ1v) is 8.01. The molecule has 0 amide bonds. The Hall–Kier alpha value is -2.92. The molecule has 0 unspecified atom stereocenters. The second kappa shape index (κ2) is 6.29. The van der Waals surface area contributed by atoms with Gasteiger partial charge in [-0.2, -0.15) is 0 Å². The van der Waals surface area contributed by atoms with Crippen LogP contribution < -0.4 is 9.80 Å². The molecule has 5 heteroatoms. The number of hydrogen-bond donors (Lipinski definition) is 0. The molecule has 0 aliphatic carbocycles. The number of hydrogen-bond acceptors (Lipinski definition) is 5. The van der Waals surface area contributed by atoms with Crippen molar-refractivity contribution in [3.8, 4) is 0 Å². The zero-order valence-corrected chi connectivity index (χ0v) is 13.4. The molecule has 2 heterocycles. The molecular formula is C19H18N4O. The van der Waals surface area contributed by atoms with Crippen molar-refractivity contribution in [3.63, 3.8) is 0 Å². The molecule has 0 saturated carbocycles. The summed E-state index contributed by atoms with van der Waals surface area (Å²) in [6, 6.07) is 20.3. The summed E-state index contributed by atoms with van der Waals surface area (Å²) < 4.78 is 6.09. The largest absolute Gasteiger partial charge is 0.340 e. The van der Waals surface area contributed by atoms with Gasteiger partial charge < -0.3 is 4.74 Å². The second-order valence-electron chi connectivity index (χ2n) is 5.40. The molecule has 0 fully saturated rings. The van der Waals surface area contributed by atoms with Crippen LogP contribution in [-0.4, -0.2) is 22.9 Å². The van der Waals surface area contributed by atoms with E-state index in [0.29, 0.717) is 6.61 Å². The third-order valence-electron chi connectivity index (χ3n) is 3.94. The van der Waals surface area contributed by atoms with Crippen molar-refractivity contribution in [3.05, 3.63) is 73.1 Å². The highest BCUT2D eigenvalue weighted by Crippen LogP contribution is 2.45. The van der Waals surface area contributed by atoms with Crippen molar-refractivity contribution >= 4 is 23.0 Å². The van der Waals surface area contributed by atoms with Crippen molar-refractivity contribution in [1.29, 1.82) is 0 Å². The molecule has 2 aromatic carbocycles. The number of fused-ring (bicyclic) bond motifs is 1. The lowest BCUT2D eigenvalue weighted by Crippen LogP contribution is -2.40. The van der Waals surface area contributed by atoms with E-state index in [0.717, 1.165) is 23.0 Å². The summed E-state index contributed by atoms with van der Waals surface area (Å²) in [5.41, 5.74) is 2.05. The first kappa shape index (κ1) is 14.7. The monoisotopic (exact) mass is 318 g/mol. The van der Waals surface area contributed by atoms with Gasteiger partial charge >= 0.3 is 0 Å². The van der Waals surface area contributed by atoms with E-state index in [1.807, 2.05) is 43.3 Å². The molecule has 5 nitrogen and oxygen atoms in total. The summed E-state index contributed by atoms with van der Waals surface area (Å²) in [6.45, 7) is 2.58. The van der Waals surface area contributed by atoms with Crippen molar-refractivity contribution in [1.82, 2.24) is 9.97 Å². The van der Waals surface area contributed by atoms with Gasteiger partial charge in [0.2, 0.25) is 6.35 Å². The Kier molecular flexibility index (Phi) is 3.84. The van der Waals surface area contributed by atoms with Gasteiger partial charge in [-0.3, -0.25) is 9.80 Å². The van der Waals surface area contributed by atoms with Crippen LogP contribution in [0.4, 0.5) is 23.0 Å². The Bertz CT molecular complexity index is 743. The van der Waals surface area contributed by atoms with Crippen LogP contribution in [0.2, 0.25) is 0 Å². The van der Waals surface area contributed by atoms with Crippen molar-refractivity contribution in [2.75, 3.05) is 16.4 Å². The number of benzene rings is 2. The highest BCUT2D eigenvalue weighted by Gasteiger charge is 2.40.